The number of carbonyl (C=O) groups excluding carboxylic acids is 1. The molecule has 7 heteroatoms. The maximum Gasteiger partial charge on any atom is 0.410 e. The van der Waals surface area contributed by atoms with E-state index in [0.717, 1.165) is 36.9 Å². The summed E-state index contributed by atoms with van der Waals surface area (Å²) in [4.78, 5) is 20.0. The first-order valence-corrected chi connectivity index (χ1v) is 7.27. The molecule has 2 saturated heterocycles. The quantitative estimate of drug-likeness (QED) is 0.903. The maximum absolute atomic E-state index is 11.5. The lowest BCUT2D eigenvalue weighted by molar-refractivity contribution is 0.0626. The van der Waals surface area contributed by atoms with E-state index >= 15 is 0 Å². The molecule has 1 amide bonds. The van der Waals surface area contributed by atoms with Gasteiger partial charge in [0.1, 0.15) is 5.60 Å². The van der Waals surface area contributed by atoms with Crippen molar-refractivity contribution in [1.29, 1.82) is 0 Å². The molecule has 3 rings (SSSR count). The van der Waals surface area contributed by atoms with Crippen molar-refractivity contribution in [3.63, 3.8) is 0 Å². The van der Waals surface area contributed by atoms with E-state index in [1.807, 2.05) is 7.05 Å². The molecule has 2 fully saturated rings. The van der Waals surface area contributed by atoms with Crippen LogP contribution in [0.4, 0.5) is 9.93 Å². The summed E-state index contributed by atoms with van der Waals surface area (Å²) in [6.07, 6.45) is 0.708. The Balaban J connectivity index is 1.62. The Morgan fingerprint density at radius 1 is 1.58 bits per heavy atom. The predicted molar refractivity (Wildman–Crippen MR) is 73.4 cm³/mol. The highest BCUT2D eigenvalue weighted by Gasteiger charge is 2.48. The molecule has 1 aromatic heterocycles. The van der Waals surface area contributed by atoms with Crippen LogP contribution in [0.15, 0.2) is 5.38 Å². The summed E-state index contributed by atoms with van der Waals surface area (Å²) in [6.45, 7) is 3.27. The van der Waals surface area contributed by atoms with Gasteiger partial charge in [-0.05, 0) is 0 Å². The van der Waals surface area contributed by atoms with Crippen LogP contribution in [0.5, 0.6) is 0 Å². The fraction of sp³-hybridized carbons (Fsp3) is 0.667. The molecule has 1 aromatic rings. The highest BCUT2D eigenvalue weighted by Crippen LogP contribution is 2.32. The molecule has 3 heterocycles. The molecular weight excluding hydrogens is 264 g/mol. The fourth-order valence-electron chi connectivity index (χ4n) is 2.79. The van der Waals surface area contributed by atoms with E-state index in [2.05, 4.69) is 20.6 Å². The Kier molecular flexibility index (Phi) is 3.10. The third-order valence-electron chi connectivity index (χ3n) is 3.69. The van der Waals surface area contributed by atoms with E-state index in [0.29, 0.717) is 6.54 Å². The Morgan fingerprint density at radius 3 is 3.05 bits per heavy atom. The highest BCUT2D eigenvalue weighted by molar-refractivity contribution is 7.13. The lowest BCUT2D eigenvalue weighted by Gasteiger charge is -2.21. The van der Waals surface area contributed by atoms with Crippen LogP contribution >= 0.6 is 11.3 Å². The van der Waals surface area contributed by atoms with Crippen molar-refractivity contribution in [3.05, 3.63) is 11.1 Å². The molecule has 1 atom stereocenters. The SMILES string of the molecule is CNc1nc(CN2CCC3(C2)CN(C)C(=O)O3)cs1. The Hall–Kier alpha value is -1.34. The van der Waals surface area contributed by atoms with Gasteiger partial charge in [0.15, 0.2) is 5.13 Å². The van der Waals surface area contributed by atoms with E-state index in [1.165, 1.54) is 0 Å². The Morgan fingerprint density at radius 2 is 2.42 bits per heavy atom. The molecule has 104 valence electrons. The number of nitrogens with zero attached hydrogens (tertiary/aromatic N) is 3. The van der Waals surface area contributed by atoms with Crippen molar-refractivity contribution in [2.24, 2.45) is 0 Å². The van der Waals surface area contributed by atoms with E-state index < -0.39 is 0 Å². The summed E-state index contributed by atoms with van der Waals surface area (Å²) in [5.74, 6) is 0. The van der Waals surface area contributed by atoms with Gasteiger partial charge in [0, 0.05) is 45.5 Å². The monoisotopic (exact) mass is 282 g/mol. The first-order valence-electron chi connectivity index (χ1n) is 6.39. The fourth-order valence-corrected chi connectivity index (χ4v) is 3.45. The molecule has 2 aliphatic rings. The molecule has 0 aromatic carbocycles. The molecule has 1 N–H and O–H groups in total. The Bertz CT molecular complexity index is 492. The number of anilines is 1. The molecule has 0 aliphatic carbocycles. The maximum atomic E-state index is 11.5. The van der Waals surface area contributed by atoms with Gasteiger partial charge in [-0.25, -0.2) is 9.78 Å². The van der Waals surface area contributed by atoms with Crippen LogP contribution in [0.2, 0.25) is 0 Å². The normalized spacial score (nSPS) is 27.3. The van der Waals surface area contributed by atoms with Crippen LogP contribution in [0.25, 0.3) is 0 Å². The zero-order valence-corrected chi connectivity index (χ0v) is 12.0. The molecule has 1 unspecified atom stereocenters. The van der Waals surface area contributed by atoms with Gasteiger partial charge < -0.3 is 15.0 Å². The first kappa shape index (κ1) is 12.7. The zero-order chi connectivity index (χ0) is 13.5. The third kappa shape index (κ3) is 2.40. The number of carbonyl (C=O) groups is 1. The van der Waals surface area contributed by atoms with Gasteiger partial charge in [0.05, 0.1) is 12.2 Å². The van der Waals surface area contributed by atoms with Crippen molar-refractivity contribution in [2.75, 3.05) is 39.0 Å². The molecule has 1 spiro atoms. The number of rotatable bonds is 3. The van der Waals surface area contributed by atoms with Crippen LogP contribution in [0.1, 0.15) is 12.1 Å². The minimum atomic E-state index is -0.298. The average Bonchev–Trinajstić information content (AvgIpc) is 3.03. The topological polar surface area (TPSA) is 57.7 Å². The summed E-state index contributed by atoms with van der Waals surface area (Å²) in [5, 5.41) is 6.06. The van der Waals surface area contributed by atoms with Crippen molar-refractivity contribution < 1.29 is 9.53 Å². The van der Waals surface area contributed by atoms with Crippen molar-refractivity contribution >= 4 is 22.6 Å². The van der Waals surface area contributed by atoms with Crippen molar-refractivity contribution in [2.45, 2.75) is 18.6 Å². The minimum Gasteiger partial charge on any atom is -0.439 e. The molecule has 0 bridgehead atoms. The van der Waals surface area contributed by atoms with Crippen LogP contribution in [0, 0.1) is 0 Å². The van der Waals surface area contributed by atoms with Crippen LogP contribution in [0.3, 0.4) is 0 Å². The van der Waals surface area contributed by atoms with Gasteiger partial charge in [-0.3, -0.25) is 4.90 Å². The van der Waals surface area contributed by atoms with Gasteiger partial charge in [0.2, 0.25) is 0 Å². The molecule has 2 aliphatic heterocycles. The number of likely N-dealkylation sites (tertiary alicyclic amines) is 1. The van der Waals surface area contributed by atoms with Crippen LogP contribution < -0.4 is 5.32 Å². The van der Waals surface area contributed by atoms with Crippen molar-refractivity contribution in [3.8, 4) is 0 Å². The molecule has 0 saturated carbocycles. The molecule has 6 nitrogen and oxygen atoms in total. The van der Waals surface area contributed by atoms with Crippen LogP contribution in [-0.4, -0.2) is 60.2 Å². The second kappa shape index (κ2) is 4.64. The van der Waals surface area contributed by atoms with Crippen molar-refractivity contribution in [1.82, 2.24) is 14.8 Å². The second-order valence-electron chi connectivity index (χ2n) is 5.26. The van der Waals surface area contributed by atoms with E-state index in [1.54, 1.807) is 23.3 Å². The number of thiazole rings is 1. The molecule has 19 heavy (non-hydrogen) atoms. The lowest BCUT2D eigenvalue weighted by Crippen LogP contribution is -2.37. The summed E-state index contributed by atoms with van der Waals surface area (Å²) < 4.78 is 5.53. The predicted octanol–water partition coefficient (Wildman–Crippen LogP) is 1.21. The standard InChI is InChI=1S/C12H18N4O2S/c1-13-10-14-9(6-19-10)5-16-4-3-12(8-16)7-15(2)11(17)18-12/h6H,3-5,7-8H2,1-2H3,(H,13,14). The largest absolute Gasteiger partial charge is 0.439 e. The van der Waals surface area contributed by atoms with Gasteiger partial charge in [-0.1, -0.05) is 0 Å². The van der Waals surface area contributed by atoms with E-state index in [9.17, 15) is 4.79 Å². The summed E-state index contributed by atoms with van der Waals surface area (Å²) in [7, 11) is 3.67. The van der Waals surface area contributed by atoms with Gasteiger partial charge in [0.25, 0.3) is 0 Å². The number of ether oxygens (including phenoxy) is 1. The molecule has 0 radical (unpaired) electrons. The van der Waals surface area contributed by atoms with Crippen LogP contribution in [-0.2, 0) is 11.3 Å². The smallest absolute Gasteiger partial charge is 0.410 e. The second-order valence-corrected chi connectivity index (χ2v) is 6.12. The van der Waals surface area contributed by atoms with Gasteiger partial charge in [-0.2, -0.15) is 0 Å². The van der Waals surface area contributed by atoms with E-state index in [-0.39, 0.29) is 11.7 Å². The minimum absolute atomic E-state index is 0.201. The van der Waals surface area contributed by atoms with E-state index in [4.69, 9.17) is 4.74 Å². The van der Waals surface area contributed by atoms with Gasteiger partial charge in [-0.15, -0.1) is 11.3 Å². The number of hydrogen-bond donors (Lipinski definition) is 1. The number of nitrogens with one attached hydrogen (secondary N) is 1. The highest BCUT2D eigenvalue weighted by atomic mass is 32.1. The summed E-state index contributed by atoms with van der Waals surface area (Å²) >= 11 is 1.61. The summed E-state index contributed by atoms with van der Waals surface area (Å²) in [5.41, 5.74) is 0.775. The summed E-state index contributed by atoms with van der Waals surface area (Å²) in [6, 6.07) is 0. The Labute approximate surface area is 116 Å². The van der Waals surface area contributed by atoms with Gasteiger partial charge >= 0.3 is 6.09 Å². The third-order valence-corrected chi connectivity index (χ3v) is 4.60. The first-order chi connectivity index (χ1) is 9.10. The lowest BCUT2D eigenvalue weighted by atomic mass is 10.0. The molecular formula is C12H18N4O2S. The average molecular weight is 282 g/mol. The zero-order valence-electron chi connectivity index (χ0n) is 11.2. The number of likely N-dealkylation sites (N-methyl/N-ethyl adjacent to an activating group) is 1. The number of amides is 1. The number of hydrogen-bond acceptors (Lipinski definition) is 6. The number of aromatic nitrogens is 1.